The molecule has 0 fully saturated rings. The van der Waals surface area contributed by atoms with Gasteiger partial charge in [0.25, 0.3) is 0 Å². The van der Waals surface area contributed by atoms with Crippen LogP contribution in [0.1, 0.15) is 18.1 Å². The maximum atomic E-state index is 13.2. The number of hydrogen-bond acceptors (Lipinski definition) is 1. The van der Waals surface area contributed by atoms with E-state index in [1.165, 1.54) is 17.7 Å². The Balaban J connectivity index is 1.87. The molecule has 3 nitrogen and oxygen atoms in total. The second-order valence-corrected chi connectivity index (χ2v) is 4.99. The first kappa shape index (κ1) is 16.0. The van der Waals surface area contributed by atoms with Gasteiger partial charge in [0, 0.05) is 13.1 Å². The molecule has 0 aromatic heterocycles. The van der Waals surface area contributed by atoms with Crippen LogP contribution in [0.4, 0.5) is 4.39 Å². The molecule has 2 rings (SSSR count). The Hall–Kier alpha value is -2.36. The molecule has 0 saturated carbocycles. The molecule has 4 heteroatoms. The quantitative estimate of drug-likeness (QED) is 0.635. The van der Waals surface area contributed by atoms with E-state index in [4.69, 9.17) is 0 Å². The van der Waals surface area contributed by atoms with Crippen molar-refractivity contribution in [1.82, 2.24) is 10.6 Å². The van der Waals surface area contributed by atoms with Crippen molar-refractivity contribution in [3.63, 3.8) is 0 Å². The van der Waals surface area contributed by atoms with Crippen molar-refractivity contribution >= 4 is 5.96 Å². The number of nitrogens with one attached hydrogen (secondary N) is 2. The van der Waals surface area contributed by atoms with Gasteiger partial charge in [0.2, 0.25) is 0 Å². The van der Waals surface area contributed by atoms with Gasteiger partial charge in [-0.1, -0.05) is 42.5 Å². The average molecular weight is 299 g/mol. The second-order valence-electron chi connectivity index (χ2n) is 4.99. The van der Waals surface area contributed by atoms with Gasteiger partial charge in [-0.25, -0.2) is 9.38 Å². The molecule has 0 heterocycles. The Morgan fingerprint density at radius 1 is 1.00 bits per heavy atom. The van der Waals surface area contributed by atoms with Crippen molar-refractivity contribution in [2.45, 2.75) is 19.9 Å². The number of guanidine groups is 1. The van der Waals surface area contributed by atoms with Gasteiger partial charge < -0.3 is 10.6 Å². The molecule has 2 N–H and O–H groups in total. The Kier molecular flexibility index (Phi) is 6.42. The first-order valence-electron chi connectivity index (χ1n) is 7.58. The Morgan fingerprint density at radius 2 is 1.77 bits per heavy atom. The molecule has 0 spiro atoms. The number of rotatable bonds is 6. The number of benzene rings is 2. The highest BCUT2D eigenvalue weighted by Gasteiger charge is 1.99. The molecule has 0 atom stereocenters. The number of aliphatic imine (C=N–C) groups is 1. The average Bonchev–Trinajstić information content (AvgIpc) is 2.54. The minimum atomic E-state index is -0.227. The van der Waals surface area contributed by atoms with Crippen molar-refractivity contribution in [1.29, 1.82) is 0 Å². The Bertz CT molecular complexity index is 596. The van der Waals surface area contributed by atoms with E-state index >= 15 is 0 Å². The summed E-state index contributed by atoms with van der Waals surface area (Å²) in [4.78, 5) is 4.48. The summed E-state index contributed by atoms with van der Waals surface area (Å²) >= 11 is 0. The molecule has 22 heavy (non-hydrogen) atoms. The third-order valence-electron chi connectivity index (χ3n) is 3.20. The van der Waals surface area contributed by atoms with Crippen LogP contribution in [-0.2, 0) is 13.0 Å². The smallest absolute Gasteiger partial charge is 0.191 e. The van der Waals surface area contributed by atoms with Crippen molar-refractivity contribution in [3.8, 4) is 0 Å². The Morgan fingerprint density at radius 3 is 2.50 bits per heavy atom. The molecule has 0 saturated heterocycles. The van der Waals surface area contributed by atoms with Gasteiger partial charge in [-0.15, -0.1) is 0 Å². The zero-order valence-corrected chi connectivity index (χ0v) is 12.8. The van der Waals surface area contributed by atoms with Crippen LogP contribution in [0, 0.1) is 5.82 Å². The number of nitrogens with zero attached hydrogens (tertiary/aromatic N) is 1. The fourth-order valence-corrected chi connectivity index (χ4v) is 2.12. The maximum Gasteiger partial charge on any atom is 0.191 e. The van der Waals surface area contributed by atoms with E-state index in [0.717, 1.165) is 31.0 Å². The fraction of sp³-hybridized carbons (Fsp3) is 0.278. The molecule has 0 aliphatic rings. The van der Waals surface area contributed by atoms with E-state index in [1.807, 2.05) is 31.2 Å². The van der Waals surface area contributed by atoms with Gasteiger partial charge >= 0.3 is 0 Å². The van der Waals surface area contributed by atoms with E-state index in [9.17, 15) is 4.39 Å². The van der Waals surface area contributed by atoms with Crippen LogP contribution in [0.25, 0.3) is 0 Å². The topological polar surface area (TPSA) is 36.4 Å². The summed E-state index contributed by atoms with van der Waals surface area (Å²) in [5.74, 6) is 0.525. The third-order valence-corrected chi connectivity index (χ3v) is 3.20. The first-order chi connectivity index (χ1) is 10.8. The molecular weight excluding hydrogens is 277 g/mol. The third kappa shape index (κ3) is 5.56. The van der Waals surface area contributed by atoms with E-state index < -0.39 is 0 Å². The molecule has 2 aromatic rings. The lowest BCUT2D eigenvalue weighted by Gasteiger charge is -2.11. The molecule has 0 unspecified atom stereocenters. The number of halogens is 1. The van der Waals surface area contributed by atoms with Crippen molar-refractivity contribution < 1.29 is 4.39 Å². The molecular formula is C18H22FN3. The first-order valence-corrected chi connectivity index (χ1v) is 7.58. The molecule has 0 aliphatic carbocycles. The lowest BCUT2D eigenvalue weighted by Crippen LogP contribution is -2.38. The lowest BCUT2D eigenvalue weighted by molar-refractivity contribution is 0.625. The molecule has 0 bridgehead atoms. The van der Waals surface area contributed by atoms with Gasteiger partial charge in [-0.2, -0.15) is 0 Å². The van der Waals surface area contributed by atoms with Crippen LogP contribution < -0.4 is 10.6 Å². The summed E-state index contributed by atoms with van der Waals surface area (Å²) < 4.78 is 13.2. The molecule has 0 amide bonds. The van der Waals surface area contributed by atoms with Crippen LogP contribution in [0.5, 0.6) is 0 Å². The lowest BCUT2D eigenvalue weighted by atomic mass is 10.1. The van der Waals surface area contributed by atoms with E-state index in [0.29, 0.717) is 6.54 Å². The van der Waals surface area contributed by atoms with Crippen molar-refractivity contribution in [2.75, 3.05) is 13.1 Å². The largest absolute Gasteiger partial charge is 0.357 e. The van der Waals surface area contributed by atoms with Crippen molar-refractivity contribution in [3.05, 3.63) is 71.5 Å². The minimum Gasteiger partial charge on any atom is -0.357 e. The highest BCUT2D eigenvalue weighted by Crippen LogP contribution is 2.04. The SMILES string of the molecule is CCNC(=NCc1cccc(F)c1)NCCc1ccccc1. The van der Waals surface area contributed by atoms with Crippen LogP contribution in [-0.4, -0.2) is 19.0 Å². The Labute approximate surface area is 131 Å². The van der Waals surface area contributed by atoms with Crippen molar-refractivity contribution in [2.24, 2.45) is 4.99 Å². The standard InChI is InChI=1S/C18H22FN3/c1-2-20-18(21-12-11-15-7-4-3-5-8-15)22-14-16-9-6-10-17(19)13-16/h3-10,13H,2,11-12,14H2,1H3,(H2,20,21,22). The van der Waals surface area contributed by atoms with Gasteiger partial charge in [-0.05, 0) is 36.6 Å². The summed E-state index contributed by atoms with van der Waals surface area (Å²) in [5, 5.41) is 6.50. The fourth-order valence-electron chi connectivity index (χ4n) is 2.12. The van der Waals surface area contributed by atoms with Crippen LogP contribution in [0.3, 0.4) is 0 Å². The van der Waals surface area contributed by atoms with Gasteiger partial charge in [0.05, 0.1) is 6.54 Å². The monoisotopic (exact) mass is 299 g/mol. The number of hydrogen-bond donors (Lipinski definition) is 2. The van der Waals surface area contributed by atoms with Gasteiger partial charge in [0.15, 0.2) is 5.96 Å². The van der Waals surface area contributed by atoms with Crippen LogP contribution in [0.2, 0.25) is 0 Å². The molecule has 116 valence electrons. The van der Waals surface area contributed by atoms with E-state index in [-0.39, 0.29) is 5.82 Å². The highest BCUT2D eigenvalue weighted by atomic mass is 19.1. The van der Waals surface area contributed by atoms with Gasteiger partial charge in [-0.3, -0.25) is 0 Å². The van der Waals surface area contributed by atoms with Crippen LogP contribution >= 0.6 is 0 Å². The predicted molar refractivity (Wildman–Crippen MR) is 89.4 cm³/mol. The summed E-state index contributed by atoms with van der Waals surface area (Å²) in [5.41, 5.74) is 2.15. The summed E-state index contributed by atoms with van der Waals surface area (Å²) in [6.07, 6.45) is 0.936. The van der Waals surface area contributed by atoms with Gasteiger partial charge in [0.1, 0.15) is 5.82 Å². The highest BCUT2D eigenvalue weighted by molar-refractivity contribution is 5.79. The second kappa shape index (κ2) is 8.82. The van der Waals surface area contributed by atoms with Crippen LogP contribution in [0.15, 0.2) is 59.6 Å². The predicted octanol–water partition coefficient (Wildman–Crippen LogP) is 3.12. The van der Waals surface area contributed by atoms with E-state index in [1.54, 1.807) is 6.07 Å². The zero-order chi connectivity index (χ0) is 15.6. The molecule has 0 aliphatic heterocycles. The molecule has 0 radical (unpaired) electrons. The summed E-state index contributed by atoms with van der Waals surface area (Å²) in [6, 6.07) is 16.8. The molecule has 2 aromatic carbocycles. The normalized spacial score (nSPS) is 11.3. The minimum absolute atomic E-state index is 0.227. The zero-order valence-electron chi connectivity index (χ0n) is 12.8. The van der Waals surface area contributed by atoms with E-state index in [2.05, 4.69) is 27.8 Å². The maximum absolute atomic E-state index is 13.2. The summed E-state index contributed by atoms with van der Waals surface area (Å²) in [7, 11) is 0. The summed E-state index contributed by atoms with van der Waals surface area (Å²) in [6.45, 7) is 4.08.